The monoisotopic (exact) mass is 378 g/mol. The standard InChI is InChI=1S/C25H34N2O/c1-17-6-8-22(9-7-17)16-27-12-10-23(11-13-27)25(28)26-21(5)24-15-19(3)18(2)14-20(24)4/h6-9,14-15,21,23H,10-13,16H2,1-5H3,(H,26,28)/t21-/m0/s1. The zero-order valence-electron chi connectivity index (χ0n) is 18.0. The first kappa shape index (κ1) is 20.6. The quantitative estimate of drug-likeness (QED) is 0.793. The number of nitrogens with zero attached hydrogens (tertiary/aromatic N) is 1. The Bertz CT molecular complexity index is 817. The molecule has 3 nitrogen and oxygen atoms in total. The SMILES string of the molecule is Cc1ccc(CN2CCC(C(=O)N[C@@H](C)c3cc(C)c(C)cc3C)CC2)cc1. The first-order valence-electron chi connectivity index (χ1n) is 10.5. The van der Waals surface area contributed by atoms with Gasteiger partial charge in [-0.15, -0.1) is 0 Å². The van der Waals surface area contributed by atoms with Crippen molar-refractivity contribution in [2.24, 2.45) is 5.92 Å². The van der Waals surface area contributed by atoms with Gasteiger partial charge < -0.3 is 5.32 Å². The van der Waals surface area contributed by atoms with Crippen LogP contribution in [0.5, 0.6) is 0 Å². The molecule has 0 unspecified atom stereocenters. The molecule has 1 fully saturated rings. The number of rotatable bonds is 5. The smallest absolute Gasteiger partial charge is 0.223 e. The van der Waals surface area contributed by atoms with E-state index in [-0.39, 0.29) is 17.9 Å². The summed E-state index contributed by atoms with van der Waals surface area (Å²) >= 11 is 0. The largest absolute Gasteiger partial charge is 0.349 e. The highest BCUT2D eigenvalue weighted by molar-refractivity contribution is 5.79. The summed E-state index contributed by atoms with van der Waals surface area (Å²) in [5, 5.41) is 3.27. The molecule has 1 aliphatic rings. The third-order valence-corrected chi connectivity index (χ3v) is 6.19. The minimum absolute atomic E-state index is 0.0531. The van der Waals surface area contributed by atoms with Crippen molar-refractivity contribution in [2.45, 2.75) is 60.0 Å². The fourth-order valence-electron chi connectivity index (χ4n) is 4.16. The van der Waals surface area contributed by atoms with E-state index in [4.69, 9.17) is 0 Å². The molecule has 1 atom stereocenters. The van der Waals surface area contributed by atoms with Crippen molar-refractivity contribution in [3.63, 3.8) is 0 Å². The molecule has 0 aliphatic carbocycles. The second-order valence-electron chi connectivity index (χ2n) is 8.56. The van der Waals surface area contributed by atoms with E-state index in [2.05, 4.69) is 81.2 Å². The van der Waals surface area contributed by atoms with Gasteiger partial charge in [0.25, 0.3) is 0 Å². The molecule has 1 heterocycles. The maximum absolute atomic E-state index is 12.8. The van der Waals surface area contributed by atoms with Crippen LogP contribution in [0, 0.1) is 33.6 Å². The maximum Gasteiger partial charge on any atom is 0.223 e. The van der Waals surface area contributed by atoms with Crippen molar-refractivity contribution in [1.29, 1.82) is 0 Å². The maximum atomic E-state index is 12.8. The number of likely N-dealkylation sites (tertiary alicyclic amines) is 1. The first-order valence-corrected chi connectivity index (χ1v) is 10.5. The Hall–Kier alpha value is -2.13. The molecule has 3 rings (SSSR count). The van der Waals surface area contributed by atoms with Crippen LogP contribution >= 0.6 is 0 Å². The van der Waals surface area contributed by atoms with E-state index in [9.17, 15) is 4.79 Å². The number of hydrogen-bond acceptors (Lipinski definition) is 2. The molecule has 3 heteroatoms. The third-order valence-electron chi connectivity index (χ3n) is 6.19. The van der Waals surface area contributed by atoms with Gasteiger partial charge in [0.05, 0.1) is 6.04 Å². The lowest BCUT2D eigenvalue weighted by Crippen LogP contribution is -2.41. The number of aryl methyl sites for hydroxylation is 4. The number of amides is 1. The average Bonchev–Trinajstić information content (AvgIpc) is 2.67. The Labute approximate surface area is 170 Å². The fraction of sp³-hybridized carbons (Fsp3) is 0.480. The summed E-state index contributed by atoms with van der Waals surface area (Å²) in [5.74, 6) is 0.337. The van der Waals surface area contributed by atoms with Crippen molar-refractivity contribution in [2.75, 3.05) is 13.1 Å². The molecule has 0 radical (unpaired) electrons. The van der Waals surface area contributed by atoms with Gasteiger partial charge in [-0.2, -0.15) is 0 Å². The van der Waals surface area contributed by atoms with Crippen molar-refractivity contribution in [1.82, 2.24) is 10.2 Å². The Morgan fingerprint density at radius 2 is 1.61 bits per heavy atom. The van der Waals surface area contributed by atoms with Gasteiger partial charge in [-0.05, 0) is 88.4 Å². The van der Waals surface area contributed by atoms with Gasteiger partial charge in [0.15, 0.2) is 0 Å². The number of hydrogen-bond donors (Lipinski definition) is 1. The Balaban J connectivity index is 1.52. The molecule has 0 saturated carbocycles. The predicted molar refractivity (Wildman–Crippen MR) is 116 cm³/mol. The Morgan fingerprint density at radius 3 is 2.25 bits per heavy atom. The second-order valence-corrected chi connectivity index (χ2v) is 8.56. The number of carbonyl (C=O) groups is 1. The summed E-state index contributed by atoms with van der Waals surface area (Å²) < 4.78 is 0. The number of carbonyl (C=O) groups excluding carboxylic acids is 1. The van der Waals surface area contributed by atoms with Gasteiger partial charge in [0.1, 0.15) is 0 Å². The summed E-state index contributed by atoms with van der Waals surface area (Å²) in [7, 11) is 0. The molecule has 1 aliphatic heterocycles. The van der Waals surface area contributed by atoms with Crippen molar-refractivity contribution in [3.8, 4) is 0 Å². The van der Waals surface area contributed by atoms with Crippen LogP contribution in [0.4, 0.5) is 0 Å². The van der Waals surface area contributed by atoms with Crippen LogP contribution in [0.15, 0.2) is 36.4 Å². The van der Waals surface area contributed by atoms with Crippen LogP contribution in [-0.2, 0) is 11.3 Å². The average molecular weight is 379 g/mol. The van der Waals surface area contributed by atoms with Crippen LogP contribution in [0.25, 0.3) is 0 Å². The molecular formula is C25H34N2O. The minimum Gasteiger partial charge on any atom is -0.349 e. The van der Waals surface area contributed by atoms with E-state index in [1.165, 1.54) is 33.4 Å². The Morgan fingerprint density at radius 1 is 1.00 bits per heavy atom. The highest BCUT2D eigenvalue weighted by Crippen LogP contribution is 2.24. The second kappa shape index (κ2) is 8.91. The van der Waals surface area contributed by atoms with Gasteiger partial charge in [0.2, 0.25) is 5.91 Å². The lowest BCUT2D eigenvalue weighted by atomic mass is 9.93. The normalized spacial score (nSPS) is 16.8. The lowest BCUT2D eigenvalue weighted by Gasteiger charge is -2.32. The molecule has 0 aromatic heterocycles. The van der Waals surface area contributed by atoms with Gasteiger partial charge in [0, 0.05) is 12.5 Å². The van der Waals surface area contributed by atoms with E-state index in [0.29, 0.717) is 0 Å². The van der Waals surface area contributed by atoms with E-state index in [1.54, 1.807) is 0 Å². The zero-order valence-corrected chi connectivity index (χ0v) is 18.0. The fourth-order valence-corrected chi connectivity index (χ4v) is 4.16. The van der Waals surface area contributed by atoms with Gasteiger partial charge >= 0.3 is 0 Å². The first-order chi connectivity index (χ1) is 13.3. The minimum atomic E-state index is 0.0531. The topological polar surface area (TPSA) is 32.3 Å². The number of piperidine rings is 1. The highest BCUT2D eigenvalue weighted by Gasteiger charge is 2.26. The molecule has 2 aromatic carbocycles. The van der Waals surface area contributed by atoms with Crippen LogP contribution in [0.3, 0.4) is 0 Å². The summed E-state index contributed by atoms with van der Waals surface area (Å²) in [6, 6.07) is 13.3. The molecule has 2 aromatic rings. The van der Waals surface area contributed by atoms with E-state index in [1.807, 2.05) is 0 Å². The Kier molecular flexibility index (Phi) is 6.56. The van der Waals surface area contributed by atoms with Crippen LogP contribution in [0.1, 0.15) is 59.2 Å². The van der Waals surface area contributed by atoms with E-state index in [0.717, 1.165) is 32.5 Å². The van der Waals surface area contributed by atoms with Gasteiger partial charge in [-0.1, -0.05) is 42.0 Å². The highest BCUT2D eigenvalue weighted by atomic mass is 16.1. The summed E-state index contributed by atoms with van der Waals surface area (Å²) in [4.78, 5) is 15.3. The summed E-state index contributed by atoms with van der Waals surface area (Å²) in [6.45, 7) is 13.6. The molecule has 1 amide bonds. The number of nitrogens with one attached hydrogen (secondary N) is 1. The van der Waals surface area contributed by atoms with Crippen molar-refractivity contribution in [3.05, 3.63) is 69.8 Å². The van der Waals surface area contributed by atoms with Crippen LogP contribution < -0.4 is 5.32 Å². The molecule has 1 N–H and O–H groups in total. The third kappa shape index (κ3) is 5.02. The molecule has 150 valence electrons. The van der Waals surface area contributed by atoms with E-state index >= 15 is 0 Å². The number of benzene rings is 2. The van der Waals surface area contributed by atoms with Gasteiger partial charge in [-0.3, -0.25) is 9.69 Å². The molecule has 0 spiro atoms. The molecule has 28 heavy (non-hydrogen) atoms. The van der Waals surface area contributed by atoms with Crippen molar-refractivity contribution < 1.29 is 4.79 Å². The lowest BCUT2D eigenvalue weighted by molar-refractivity contribution is -0.127. The summed E-state index contributed by atoms with van der Waals surface area (Å²) in [6.07, 6.45) is 1.88. The predicted octanol–water partition coefficient (Wildman–Crippen LogP) is 5.01. The zero-order chi connectivity index (χ0) is 20.3. The van der Waals surface area contributed by atoms with Crippen LogP contribution in [-0.4, -0.2) is 23.9 Å². The molecular weight excluding hydrogens is 344 g/mol. The van der Waals surface area contributed by atoms with Gasteiger partial charge in [-0.25, -0.2) is 0 Å². The summed E-state index contributed by atoms with van der Waals surface area (Å²) in [5.41, 5.74) is 7.73. The van der Waals surface area contributed by atoms with Crippen molar-refractivity contribution >= 4 is 5.91 Å². The van der Waals surface area contributed by atoms with Crippen LogP contribution in [0.2, 0.25) is 0 Å². The van der Waals surface area contributed by atoms with E-state index < -0.39 is 0 Å². The molecule has 0 bridgehead atoms. The molecule has 1 saturated heterocycles.